The Morgan fingerprint density at radius 1 is 1.14 bits per heavy atom. The Hall–Kier alpha value is -2.42. The molecule has 28 heavy (non-hydrogen) atoms. The summed E-state index contributed by atoms with van der Waals surface area (Å²) in [7, 11) is -0.772. The average Bonchev–Trinajstić information content (AvgIpc) is 2.72. The first-order valence-corrected chi connectivity index (χ1v) is 10.4. The number of carbonyl (C=O) groups excluding carboxylic acids is 1. The molecule has 2 rings (SSSR count). The number of ether oxygens (including phenoxy) is 1. The lowest BCUT2D eigenvalue weighted by Gasteiger charge is -2.28. The van der Waals surface area contributed by atoms with Crippen LogP contribution in [-0.4, -0.2) is 51.0 Å². The van der Waals surface area contributed by atoms with Crippen molar-refractivity contribution in [1.82, 2.24) is 9.62 Å². The van der Waals surface area contributed by atoms with Gasteiger partial charge in [-0.3, -0.25) is 4.79 Å². The largest absolute Gasteiger partial charge is 0.497 e. The number of rotatable bonds is 10. The van der Waals surface area contributed by atoms with E-state index < -0.39 is 16.1 Å². The fraction of sp³-hybridized carbons (Fsp3) is 0.350. The van der Waals surface area contributed by atoms with Gasteiger partial charge in [0, 0.05) is 26.6 Å². The predicted molar refractivity (Wildman–Crippen MR) is 106 cm³/mol. The number of hydrogen-bond acceptors (Lipinski definition) is 5. The van der Waals surface area contributed by atoms with Crippen LogP contribution in [0.3, 0.4) is 0 Å². The summed E-state index contributed by atoms with van der Waals surface area (Å²) in [4.78, 5) is 12.5. The Balaban J connectivity index is 2.32. The first-order valence-electron chi connectivity index (χ1n) is 8.94. The van der Waals surface area contributed by atoms with Crippen LogP contribution in [0.25, 0.3) is 0 Å². The van der Waals surface area contributed by atoms with Crippen LogP contribution >= 0.6 is 0 Å². The van der Waals surface area contributed by atoms with Gasteiger partial charge >= 0.3 is 0 Å². The zero-order valence-electron chi connectivity index (χ0n) is 16.0. The van der Waals surface area contributed by atoms with Crippen LogP contribution in [0.4, 0.5) is 0 Å². The summed E-state index contributed by atoms with van der Waals surface area (Å²) < 4.78 is 32.5. The number of nitrogens with one attached hydrogen (secondary N) is 1. The molecule has 1 atom stereocenters. The van der Waals surface area contributed by atoms with Gasteiger partial charge in [-0.15, -0.1) is 0 Å². The van der Waals surface area contributed by atoms with Crippen LogP contribution in [0, 0.1) is 0 Å². The molecule has 0 aromatic heterocycles. The second-order valence-corrected chi connectivity index (χ2v) is 8.25. The maximum absolute atomic E-state index is 13.0. The van der Waals surface area contributed by atoms with Gasteiger partial charge in [0.05, 0.1) is 18.0 Å². The zero-order valence-corrected chi connectivity index (χ0v) is 16.9. The van der Waals surface area contributed by atoms with E-state index in [4.69, 9.17) is 9.84 Å². The number of methoxy groups -OCH3 is 1. The maximum atomic E-state index is 13.0. The van der Waals surface area contributed by atoms with Crippen LogP contribution in [0.15, 0.2) is 59.5 Å². The van der Waals surface area contributed by atoms with Crippen LogP contribution in [-0.2, 0) is 14.8 Å². The summed E-state index contributed by atoms with van der Waals surface area (Å²) in [5, 5.41) is 11.6. The van der Waals surface area contributed by atoms with Crippen molar-refractivity contribution >= 4 is 15.9 Å². The minimum absolute atomic E-state index is 0.0233. The van der Waals surface area contributed by atoms with Gasteiger partial charge in [-0.05, 0) is 36.2 Å². The molecule has 0 heterocycles. The zero-order chi connectivity index (χ0) is 20.6. The van der Waals surface area contributed by atoms with E-state index in [0.717, 1.165) is 0 Å². The molecule has 8 heteroatoms. The average molecular weight is 407 g/mol. The summed E-state index contributed by atoms with van der Waals surface area (Å²) in [6, 6.07) is 14.4. The number of sulfonamides is 1. The first-order chi connectivity index (χ1) is 13.4. The third-order valence-electron chi connectivity index (χ3n) is 4.40. The summed E-state index contributed by atoms with van der Waals surface area (Å²) >= 11 is 0. The third kappa shape index (κ3) is 5.54. The Labute approximate surface area is 166 Å². The van der Waals surface area contributed by atoms with E-state index in [1.54, 1.807) is 49.6 Å². The molecule has 2 aromatic carbocycles. The molecule has 0 fully saturated rings. The highest BCUT2D eigenvalue weighted by molar-refractivity contribution is 7.89. The molecule has 0 spiro atoms. The number of aliphatic hydroxyl groups is 1. The van der Waals surface area contributed by atoms with Gasteiger partial charge in [0.1, 0.15) is 5.75 Å². The number of hydrogen-bond donors (Lipinski definition) is 2. The fourth-order valence-electron chi connectivity index (χ4n) is 2.76. The van der Waals surface area contributed by atoms with Crippen molar-refractivity contribution in [2.45, 2.75) is 23.8 Å². The van der Waals surface area contributed by atoms with E-state index in [1.165, 1.54) is 23.5 Å². The molecule has 0 aliphatic carbocycles. The van der Waals surface area contributed by atoms with E-state index in [0.29, 0.717) is 24.3 Å². The number of aliphatic hydroxyl groups excluding tert-OH is 1. The van der Waals surface area contributed by atoms with Crippen molar-refractivity contribution < 1.29 is 23.1 Å². The van der Waals surface area contributed by atoms with E-state index in [1.807, 2.05) is 0 Å². The molecule has 0 saturated heterocycles. The summed E-state index contributed by atoms with van der Waals surface area (Å²) in [6.45, 7) is 0.310. The van der Waals surface area contributed by atoms with Gasteiger partial charge in [-0.25, -0.2) is 8.42 Å². The van der Waals surface area contributed by atoms with E-state index in [-0.39, 0.29) is 23.8 Å². The van der Waals surface area contributed by atoms with Crippen LogP contribution in [0.1, 0.15) is 24.4 Å². The van der Waals surface area contributed by atoms with Crippen LogP contribution in [0.2, 0.25) is 0 Å². The van der Waals surface area contributed by atoms with E-state index in [9.17, 15) is 13.2 Å². The molecule has 0 radical (unpaired) electrons. The Morgan fingerprint density at radius 3 is 2.36 bits per heavy atom. The Bertz CT molecular complexity index is 854. The monoisotopic (exact) mass is 406 g/mol. The van der Waals surface area contributed by atoms with Crippen LogP contribution < -0.4 is 10.1 Å². The smallest absolute Gasteiger partial charge is 0.243 e. The molecule has 2 aromatic rings. The van der Waals surface area contributed by atoms with Gasteiger partial charge in [0.15, 0.2) is 0 Å². The standard InChI is InChI=1S/C20H26N2O5S/c1-22(28(25,26)18-7-4-3-5-8-18)19(15-20(24)21-13-6-14-23)16-9-11-17(27-2)12-10-16/h3-5,7-12,19,23H,6,13-15H2,1-2H3,(H,21,24)/t19-/m0/s1. The Kier molecular flexibility index (Phi) is 7.98. The highest BCUT2D eigenvalue weighted by atomic mass is 32.2. The number of nitrogens with zero attached hydrogens (tertiary/aromatic N) is 1. The second-order valence-electron chi connectivity index (χ2n) is 6.25. The summed E-state index contributed by atoms with van der Waals surface area (Å²) in [5.41, 5.74) is 0.681. The minimum atomic E-state index is -3.79. The molecule has 0 aliphatic heterocycles. The van der Waals surface area contributed by atoms with Crippen molar-refractivity contribution in [1.29, 1.82) is 0 Å². The molecular weight excluding hydrogens is 380 g/mol. The SMILES string of the molecule is COc1ccc([C@H](CC(=O)NCCCO)N(C)S(=O)(=O)c2ccccc2)cc1. The van der Waals surface area contributed by atoms with Gasteiger partial charge < -0.3 is 15.2 Å². The normalized spacial score (nSPS) is 12.6. The molecule has 152 valence electrons. The lowest BCUT2D eigenvalue weighted by atomic mass is 10.0. The molecular formula is C20H26N2O5S. The number of amides is 1. The molecule has 2 N–H and O–H groups in total. The molecule has 0 aliphatic rings. The van der Waals surface area contributed by atoms with Crippen molar-refractivity contribution in [3.63, 3.8) is 0 Å². The highest BCUT2D eigenvalue weighted by Crippen LogP contribution is 2.30. The van der Waals surface area contributed by atoms with Crippen molar-refractivity contribution in [2.24, 2.45) is 0 Å². The second kappa shape index (κ2) is 10.2. The van der Waals surface area contributed by atoms with E-state index in [2.05, 4.69) is 5.32 Å². The van der Waals surface area contributed by atoms with Crippen LogP contribution in [0.5, 0.6) is 5.75 Å². The molecule has 0 bridgehead atoms. The molecule has 7 nitrogen and oxygen atoms in total. The minimum Gasteiger partial charge on any atom is -0.497 e. The van der Waals surface area contributed by atoms with E-state index >= 15 is 0 Å². The fourth-order valence-corrected chi connectivity index (χ4v) is 4.13. The summed E-state index contributed by atoms with van der Waals surface area (Å²) in [5.74, 6) is 0.354. The van der Waals surface area contributed by atoms with Gasteiger partial charge in [0.2, 0.25) is 15.9 Å². The molecule has 0 unspecified atom stereocenters. The molecule has 0 saturated carbocycles. The topological polar surface area (TPSA) is 95.9 Å². The predicted octanol–water partition coefficient (Wildman–Crippen LogP) is 1.95. The Morgan fingerprint density at radius 2 is 1.79 bits per heavy atom. The van der Waals surface area contributed by atoms with Crippen molar-refractivity contribution in [3.8, 4) is 5.75 Å². The number of benzene rings is 2. The molecule has 1 amide bonds. The lowest BCUT2D eigenvalue weighted by Crippen LogP contribution is -2.35. The maximum Gasteiger partial charge on any atom is 0.243 e. The lowest BCUT2D eigenvalue weighted by molar-refractivity contribution is -0.122. The van der Waals surface area contributed by atoms with Crippen molar-refractivity contribution in [3.05, 3.63) is 60.2 Å². The van der Waals surface area contributed by atoms with Gasteiger partial charge in [-0.1, -0.05) is 30.3 Å². The highest BCUT2D eigenvalue weighted by Gasteiger charge is 2.30. The van der Waals surface area contributed by atoms with Crippen molar-refractivity contribution in [2.75, 3.05) is 27.3 Å². The first kappa shape index (κ1) is 21.9. The third-order valence-corrected chi connectivity index (χ3v) is 6.28. The number of carbonyl (C=O) groups is 1. The van der Waals surface area contributed by atoms with Gasteiger partial charge in [-0.2, -0.15) is 4.31 Å². The quantitative estimate of drug-likeness (QED) is 0.588. The van der Waals surface area contributed by atoms with Gasteiger partial charge in [0.25, 0.3) is 0 Å². The summed E-state index contributed by atoms with van der Waals surface area (Å²) in [6.07, 6.45) is 0.400.